The zero-order valence-corrected chi connectivity index (χ0v) is 17.5. The summed E-state index contributed by atoms with van der Waals surface area (Å²) >= 11 is 0. The molecule has 0 radical (unpaired) electrons. The normalized spacial score (nSPS) is 23.7. The Morgan fingerprint density at radius 1 is 1.30 bits per heavy atom. The Morgan fingerprint density at radius 3 is 2.70 bits per heavy atom. The molecule has 0 aliphatic carbocycles. The fourth-order valence-electron chi connectivity index (χ4n) is 4.49. The van der Waals surface area contributed by atoms with Crippen molar-refractivity contribution in [1.82, 2.24) is 19.4 Å². The molecule has 0 spiro atoms. The van der Waals surface area contributed by atoms with Crippen molar-refractivity contribution in [2.24, 2.45) is 5.92 Å². The minimum Gasteiger partial charge on any atom is -0.376 e. The van der Waals surface area contributed by atoms with E-state index in [9.17, 15) is 4.79 Å². The first-order chi connectivity index (χ1) is 12.9. The topological polar surface area (TPSA) is 50.6 Å². The molecular weight excluding hydrogens is 340 g/mol. The molecule has 1 amide bonds. The van der Waals surface area contributed by atoms with Gasteiger partial charge in [-0.15, -0.1) is 0 Å². The number of piperidine rings is 1. The number of hydrogen-bond acceptors (Lipinski definition) is 4. The molecule has 0 aromatic carbocycles. The second kappa shape index (κ2) is 8.74. The first-order valence-electron chi connectivity index (χ1n) is 10.4. The molecule has 1 aromatic heterocycles. The molecule has 0 N–H and O–H groups in total. The Morgan fingerprint density at radius 2 is 2.04 bits per heavy atom. The number of ether oxygens (including phenoxy) is 1. The van der Waals surface area contributed by atoms with Crippen molar-refractivity contribution in [3.8, 4) is 0 Å². The number of aromatic nitrogens is 2. The first-order valence-corrected chi connectivity index (χ1v) is 10.4. The van der Waals surface area contributed by atoms with E-state index < -0.39 is 0 Å². The molecule has 0 unspecified atom stereocenters. The monoisotopic (exact) mass is 376 g/mol. The van der Waals surface area contributed by atoms with Crippen LogP contribution in [-0.2, 0) is 16.1 Å². The summed E-state index contributed by atoms with van der Waals surface area (Å²) < 4.78 is 8.09. The summed E-state index contributed by atoms with van der Waals surface area (Å²) in [6.07, 6.45) is 8.89. The quantitative estimate of drug-likeness (QED) is 0.766. The van der Waals surface area contributed by atoms with Gasteiger partial charge >= 0.3 is 0 Å². The highest BCUT2D eigenvalue weighted by atomic mass is 16.5. The van der Waals surface area contributed by atoms with Gasteiger partial charge < -0.3 is 19.1 Å². The minimum atomic E-state index is -0.172. The molecule has 2 saturated heterocycles. The van der Waals surface area contributed by atoms with Crippen molar-refractivity contribution in [1.29, 1.82) is 0 Å². The second-order valence-corrected chi connectivity index (χ2v) is 9.03. The van der Waals surface area contributed by atoms with Crippen molar-refractivity contribution in [3.63, 3.8) is 0 Å². The van der Waals surface area contributed by atoms with Crippen LogP contribution in [-0.4, -0.2) is 71.2 Å². The Hall–Kier alpha value is -1.40. The van der Waals surface area contributed by atoms with Gasteiger partial charge in [-0.3, -0.25) is 4.79 Å². The Bertz CT molecular complexity index is 617. The van der Waals surface area contributed by atoms with Crippen LogP contribution in [0.4, 0.5) is 0 Å². The lowest BCUT2D eigenvalue weighted by atomic mass is 9.86. The van der Waals surface area contributed by atoms with Crippen LogP contribution < -0.4 is 0 Å². The van der Waals surface area contributed by atoms with Gasteiger partial charge in [-0.25, -0.2) is 4.98 Å². The Balaban J connectivity index is 1.52. The highest BCUT2D eigenvalue weighted by Gasteiger charge is 2.36. The van der Waals surface area contributed by atoms with Gasteiger partial charge in [-0.1, -0.05) is 0 Å². The average molecular weight is 377 g/mol. The van der Waals surface area contributed by atoms with Crippen LogP contribution in [0.5, 0.6) is 0 Å². The molecule has 152 valence electrons. The van der Waals surface area contributed by atoms with E-state index >= 15 is 0 Å². The summed E-state index contributed by atoms with van der Waals surface area (Å²) in [5.74, 6) is 2.13. The largest absolute Gasteiger partial charge is 0.376 e. The van der Waals surface area contributed by atoms with Crippen LogP contribution in [0.1, 0.15) is 57.7 Å². The second-order valence-electron chi connectivity index (χ2n) is 9.03. The van der Waals surface area contributed by atoms with E-state index in [-0.39, 0.29) is 11.5 Å². The third-order valence-corrected chi connectivity index (χ3v) is 5.97. The van der Waals surface area contributed by atoms with Gasteiger partial charge in [0.05, 0.1) is 5.60 Å². The van der Waals surface area contributed by atoms with Crippen LogP contribution in [0.3, 0.4) is 0 Å². The number of aryl methyl sites for hydroxylation is 1. The van der Waals surface area contributed by atoms with Gasteiger partial charge in [-0.2, -0.15) is 0 Å². The smallest absolute Gasteiger partial charge is 0.225 e. The molecule has 3 heterocycles. The number of imidazole rings is 1. The minimum absolute atomic E-state index is 0.123. The number of carbonyl (C=O) groups excluding carboxylic acids is 1. The third-order valence-electron chi connectivity index (χ3n) is 5.97. The highest BCUT2D eigenvalue weighted by Crippen LogP contribution is 2.32. The lowest BCUT2D eigenvalue weighted by Gasteiger charge is -2.39. The van der Waals surface area contributed by atoms with Crippen molar-refractivity contribution in [2.75, 3.05) is 40.3 Å². The number of hydrogen-bond donors (Lipinski definition) is 0. The molecule has 2 aliphatic rings. The Kier molecular flexibility index (Phi) is 6.58. The molecule has 6 nitrogen and oxygen atoms in total. The summed E-state index contributed by atoms with van der Waals surface area (Å²) in [5.41, 5.74) is -0.172. The van der Waals surface area contributed by atoms with E-state index in [0.717, 1.165) is 58.3 Å². The fourth-order valence-corrected chi connectivity index (χ4v) is 4.49. The van der Waals surface area contributed by atoms with Gasteiger partial charge in [0.1, 0.15) is 5.82 Å². The zero-order chi connectivity index (χ0) is 19.4. The van der Waals surface area contributed by atoms with E-state index in [1.54, 1.807) is 0 Å². The van der Waals surface area contributed by atoms with E-state index in [0.29, 0.717) is 18.4 Å². The van der Waals surface area contributed by atoms with E-state index in [4.69, 9.17) is 4.74 Å². The SMILES string of the molecule is CN(C)CCCn1ccnc1C1CCN(C(=O)[C@H]2CCOC(C)(C)C2)CC1. The van der Waals surface area contributed by atoms with Crippen molar-refractivity contribution in [3.05, 3.63) is 18.2 Å². The number of likely N-dealkylation sites (tertiary alicyclic amines) is 1. The maximum atomic E-state index is 13.0. The van der Waals surface area contributed by atoms with Crippen molar-refractivity contribution < 1.29 is 9.53 Å². The predicted octanol–water partition coefficient (Wildman–Crippen LogP) is 2.75. The molecule has 6 heteroatoms. The predicted molar refractivity (Wildman–Crippen MR) is 107 cm³/mol. The van der Waals surface area contributed by atoms with Crippen LogP contribution in [0.2, 0.25) is 0 Å². The Labute approximate surface area is 163 Å². The summed E-state index contributed by atoms with van der Waals surface area (Å²) in [6, 6.07) is 0. The van der Waals surface area contributed by atoms with Crippen LogP contribution >= 0.6 is 0 Å². The lowest BCUT2D eigenvalue weighted by molar-refractivity contribution is -0.146. The van der Waals surface area contributed by atoms with Gasteiger partial charge in [0.25, 0.3) is 0 Å². The third kappa shape index (κ3) is 5.32. The van der Waals surface area contributed by atoms with Crippen LogP contribution in [0.25, 0.3) is 0 Å². The van der Waals surface area contributed by atoms with Crippen molar-refractivity contribution in [2.45, 2.75) is 64.0 Å². The molecule has 0 saturated carbocycles. The van der Waals surface area contributed by atoms with Gasteiger partial charge in [0, 0.05) is 50.5 Å². The molecule has 2 fully saturated rings. The average Bonchev–Trinajstić information content (AvgIpc) is 3.08. The molecule has 2 aliphatic heterocycles. The number of nitrogens with zero attached hydrogens (tertiary/aromatic N) is 4. The standard InChI is InChI=1S/C21H36N4O2/c1-21(2)16-18(8-15-27-21)20(26)25-12-6-17(7-13-25)19-22-9-14-24(19)11-5-10-23(3)4/h9,14,17-18H,5-8,10-13,15-16H2,1-4H3/t18-/m0/s1. The maximum Gasteiger partial charge on any atom is 0.225 e. The summed E-state index contributed by atoms with van der Waals surface area (Å²) in [4.78, 5) is 21.9. The molecule has 27 heavy (non-hydrogen) atoms. The number of rotatable bonds is 6. The molecular formula is C21H36N4O2. The maximum absolute atomic E-state index is 13.0. The van der Waals surface area contributed by atoms with Gasteiger partial charge in [-0.05, 0) is 66.6 Å². The van der Waals surface area contributed by atoms with Gasteiger partial charge in [0.2, 0.25) is 5.91 Å². The molecule has 3 rings (SSSR count). The molecule has 1 aromatic rings. The van der Waals surface area contributed by atoms with Crippen molar-refractivity contribution >= 4 is 5.91 Å². The highest BCUT2D eigenvalue weighted by molar-refractivity contribution is 5.79. The molecule has 1 atom stereocenters. The number of carbonyl (C=O) groups is 1. The lowest BCUT2D eigenvalue weighted by Crippen LogP contribution is -2.46. The number of amides is 1. The summed E-state index contributed by atoms with van der Waals surface area (Å²) in [7, 11) is 4.22. The molecule has 0 bridgehead atoms. The van der Waals surface area contributed by atoms with E-state index in [1.807, 2.05) is 6.20 Å². The zero-order valence-electron chi connectivity index (χ0n) is 17.5. The van der Waals surface area contributed by atoms with E-state index in [2.05, 4.69) is 53.5 Å². The van der Waals surface area contributed by atoms with E-state index in [1.165, 1.54) is 5.82 Å². The summed E-state index contributed by atoms with van der Waals surface area (Å²) in [5, 5.41) is 0. The van der Waals surface area contributed by atoms with Crippen LogP contribution in [0, 0.1) is 5.92 Å². The fraction of sp³-hybridized carbons (Fsp3) is 0.810. The summed E-state index contributed by atoms with van der Waals surface area (Å²) in [6.45, 7) is 8.70. The van der Waals surface area contributed by atoms with Crippen LogP contribution in [0.15, 0.2) is 12.4 Å². The first kappa shape index (κ1) is 20.3. The van der Waals surface area contributed by atoms with Gasteiger partial charge in [0.15, 0.2) is 0 Å².